The number of carbonyl (C=O) groups excluding carboxylic acids is 2. The molecule has 2 N–H and O–H groups in total. The molecular formula is C24H22ClN7O2. The van der Waals surface area contributed by atoms with Crippen molar-refractivity contribution in [1.29, 1.82) is 0 Å². The summed E-state index contributed by atoms with van der Waals surface area (Å²) in [5.41, 5.74) is 3.18. The summed E-state index contributed by atoms with van der Waals surface area (Å²) < 4.78 is 1.74. The van der Waals surface area contributed by atoms with Crippen LogP contribution in [0, 0.1) is 0 Å². The maximum absolute atomic E-state index is 12.6. The minimum Gasteiger partial charge on any atom is -0.342 e. The zero-order valence-corrected chi connectivity index (χ0v) is 19.5. The highest BCUT2D eigenvalue weighted by atomic mass is 35.5. The van der Waals surface area contributed by atoms with E-state index in [1.807, 2.05) is 43.6 Å². The second kappa shape index (κ2) is 9.72. The number of amides is 1. The monoisotopic (exact) mass is 475 g/mol. The van der Waals surface area contributed by atoms with Crippen LogP contribution in [0.25, 0.3) is 11.3 Å². The van der Waals surface area contributed by atoms with E-state index >= 15 is 0 Å². The van der Waals surface area contributed by atoms with Crippen molar-refractivity contribution in [3.63, 3.8) is 0 Å². The Morgan fingerprint density at radius 3 is 2.56 bits per heavy atom. The van der Waals surface area contributed by atoms with E-state index in [0.29, 0.717) is 11.6 Å². The van der Waals surface area contributed by atoms with Gasteiger partial charge in [-0.25, -0.2) is 4.98 Å². The predicted molar refractivity (Wildman–Crippen MR) is 132 cm³/mol. The number of anilines is 4. The van der Waals surface area contributed by atoms with Crippen molar-refractivity contribution in [3.05, 3.63) is 77.6 Å². The van der Waals surface area contributed by atoms with Crippen LogP contribution in [0.1, 0.15) is 10.4 Å². The first-order valence-electron chi connectivity index (χ1n) is 10.3. The maximum atomic E-state index is 12.6. The molecule has 0 aliphatic rings. The van der Waals surface area contributed by atoms with Crippen LogP contribution in [0.4, 0.5) is 23.1 Å². The molecule has 0 saturated heterocycles. The van der Waals surface area contributed by atoms with Crippen molar-refractivity contribution < 1.29 is 9.59 Å². The van der Waals surface area contributed by atoms with E-state index in [2.05, 4.69) is 25.7 Å². The summed E-state index contributed by atoms with van der Waals surface area (Å²) in [6.45, 7) is 0. The standard InChI is InChI=1S/C24H22ClN7O2/c1-31(2)23(34)21(33)17-9-4-5-10-20(17)28-22-18(25)14-26-24(29-22)27-16-8-6-7-15(13-16)19-11-12-32(3)30-19/h4-14H,1-3H3,(H2,26,27,28,29). The number of nitrogens with one attached hydrogen (secondary N) is 2. The molecule has 2 aromatic heterocycles. The molecule has 172 valence electrons. The lowest BCUT2D eigenvalue weighted by Crippen LogP contribution is -2.30. The van der Waals surface area contributed by atoms with E-state index in [4.69, 9.17) is 11.6 Å². The number of hydrogen-bond acceptors (Lipinski definition) is 7. The lowest BCUT2D eigenvalue weighted by atomic mass is 10.1. The Morgan fingerprint density at radius 2 is 1.82 bits per heavy atom. The number of benzene rings is 2. The summed E-state index contributed by atoms with van der Waals surface area (Å²) >= 11 is 6.32. The molecular weight excluding hydrogens is 454 g/mol. The summed E-state index contributed by atoms with van der Waals surface area (Å²) in [6, 6.07) is 16.3. The van der Waals surface area contributed by atoms with Crippen molar-refractivity contribution in [2.75, 3.05) is 24.7 Å². The number of para-hydroxylation sites is 1. The van der Waals surface area contributed by atoms with Gasteiger partial charge in [0.25, 0.3) is 11.7 Å². The highest BCUT2D eigenvalue weighted by molar-refractivity contribution is 6.43. The predicted octanol–water partition coefficient (Wildman–Crippen LogP) is 4.29. The first kappa shape index (κ1) is 22.9. The Kier molecular flexibility index (Phi) is 6.55. The number of halogens is 1. The Morgan fingerprint density at radius 1 is 1.03 bits per heavy atom. The fourth-order valence-electron chi connectivity index (χ4n) is 3.21. The van der Waals surface area contributed by atoms with E-state index in [0.717, 1.165) is 16.9 Å². The molecule has 2 heterocycles. The topological polar surface area (TPSA) is 105 Å². The third kappa shape index (κ3) is 5.05. The van der Waals surface area contributed by atoms with Crippen molar-refractivity contribution in [3.8, 4) is 11.3 Å². The largest absolute Gasteiger partial charge is 0.342 e. The molecule has 0 saturated carbocycles. The van der Waals surface area contributed by atoms with Gasteiger partial charge in [0, 0.05) is 38.6 Å². The Balaban J connectivity index is 1.59. The summed E-state index contributed by atoms with van der Waals surface area (Å²) in [5, 5.41) is 10.9. The molecule has 0 bridgehead atoms. The van der Waals surface area contributed by atoms with Gasteiger partial charge in [-0.15, -0.1) is 0 Å². The van der Waals surface area contributed by atoms with Gasteiger partial charge in [-0.05, 0) is 30.3 Å². The number of Topliss-reactive ketones (excluding diaryl/α,β-unsaturated/α-hetero) is 1. The summed E-state index contributed by atoms with van der Waals surface area (Å²) in [5.74, 6) is -0.669. The number of hydrogen-bond donors (Lipinski definition) is 2. The molecule has 0 aliphatic heterocycles. The minimum atomic E-state index is -0.636. The van der Waals surface area contributed by atoms with Gasteiger partial charge >= 0.3 is 0 Å². The molecule has 0 radical (unpaired) electrons. The molecule has 0 unspecified atom stereocenters. The Hall–Kier alpha value is -4.24. The number of aromatic nitrogens is 4. The van der Waals surface area contributed by atoms with Crippen LogP contribution in [-0.2, 0) is 11.8 Å². The van der Waals surface area contributed by atoms with Crippen molar-refractivity contribution in [2.24, 2.45) is 7.05 Å². The van der Waals surface area contributed by atoms with Gasteiger partial charge in [0.2, 0.25) is 5.95 Å². The van der Waals surface area contributed by atoms with E-state index in [9.17, 15) is 9.59 Å². The van der Waals surface area contributed by atoms with Crippen LogP contribution >= 0.6 is 11.6 Å². The Labute approximate surface area is 201 Å². The second-order valence-electron chi connectivity index (χ2n) is 7.67. The lowest BCUT2D eigenvalue weighted by molar-refractivity contribution is -0.124. The zero-order valence-electron chi connectivity index (χ0n) is 18.8. The molecule has 34 heavy (non-hydrogen) atoms. The number of ketones is 1. The van der Waals surface area contributed by atoms with E-state index in [1.165, 1.54) is 25.2 Å². The molecule has 4 aromatic rings. The quantitative estimate of drug-likeness (QED) is 0.303. The van der Waals surface area contributed by atoms with Crippen LogP contribution < -0.4 is 10.6 Å². The fourth-order valence-corrected chi connectivity index (χ4v) is 3.34. The number of likely N-dealkylation sites (N-methyl/N-ethyl adjacent to an activating group) is 1. The maximum Gasteiger partial charge on any atom is 0.294 e. The smallest absolute Gasteiger partial charge is 0.294 e. The van der Waals surface area contributed by atoms with Gasteiger partial charge in [0.1, 0.15) is 5.02 Å². The van der Waals surface area contributed by atoms with Gasteiger partial charge in [-0.1, -0.05) is 35.9 Å². The van der Waals surface area contributed by atoms with Crippen molar-refractivity contribution in [2.45, 2.75) is 0 Å². The van der Waals surface area contributed by atoms with Gasteiger partial charge in [-0.2, -0.15) is 10.1 Å². The number of nitrogens with zero attached hydrogens (tertiary/aromatic N) is 5. The average Bonchev–Trinajstić information content (AvgIpc) is 3.27. The first-order chi connectivity index (χ1) is 16.3. The van der Waals surface area contributed by atoms with Crippen molar-refractivity contribution in [1.82, 2.24) is 24.6 Å². The van der Waals surface area contributed by atoms with E-state index in [1.54, 1.807) is 28.9 Å². The molecule has 0 atom stereocenters. The third-order valence-corrected chi connectivity index (χ3v) is 5.17. The highest BCUT2D eigenvalue weighted by Gasteiger charge is 2.21. The fraction of sp³-hybridized carbons (Fsp3) is 0.125. The number of rotatable bonds is 7. The summed E-state index contributed by atoms with van der Waals surface area (Å²) in [6.07, 6.45) is 3.33. The van der Waals surface area contributed by atoms with Crippen molar-refractivity contribution >= 4 is 46.4 Å². The molecule has 0 aliphatic carbocycles. The van der Waals surface area contributed by atoms with Crippen LogP contribution in [0.5, 0.6) is 0 Å². The lowest BCUT2D eigenvalue weighted by Gasteiger charge is -2.14. The second-order valence-corrected chi connectivity index (χ2v) is 8.08. The van der Waals surface area contributed by atoms with E-state index in [-0.39, 0.29) is 16.4 Å². The molecule has 2 aromatic carbocycles. The molecule has 0 fully saturated rings. The molecule has 4 rings (SSSR count). The highest BCUT2D eigenvalue weighted by Crippen LogP contribution is 2.28. The molecule has 10 heteroatoms. The van der Waals surface area contributed by atoms with E-state index < -0.39 is 11.7 Å². The van der Waals surface area contributed by atoms with Crippen LogP contribution in [0.15, 0.2) is 67.0 Å². The van der Waals surface area contributed by atoms with Gasteiger partial charge in [0.15, 0.2) is 5.82 Å². The van der Waals surface area contributed by atoms with Gasteiger partial charge < -0.3 is 15.5 Å². The SMILES string of the molecule is CN(C)C(=O)C(=O)c1ccccc1Nc1nc(Nc2cccc(-c3ccn(C)n3)c2)ncc1Cl. The number of aryl methyl sites for hydroxylation is 1. The zero-order chi connectivity index (χ0) is 24.2. The summed E-state index contributed by atoms with van der Waals surface area (Å²) in [7, 11) is 4.92. The minimum absolute atomic E-state index is 0.216. The number of carbonyl (C=O) groups is 2. The molecule has 1 amide bonds. The first-order valence-corrected chi connectivity index (χ1v) is 10.7. The van der Waals surface area contributed by atoms with Crippen LogP contribution in [0.2, 0.25) is 5.02 Å². The molecule has 9 nitrogen and oxygen atoms in total. The average molecular weight is 476 g/mol. The van der Waals surface area contributed by atoms with Crippen LogP contribution in [0.3, 0.4) is 0 Å². The summed E-state index contributed by atoms with van der Waals surface area (Å²) in [4.78, 5) is 34.8. The van der Waals surface area contributed by atoms with Gasteiger partial charge in [0.05, 0.1) is 23.1 Å². The third-order valence-electron chi connectivity index (χ3n) is 4.90. The normalized spacial score (nSPS) is 10.6. The van der Waals surface area contributed by atoms with Crippen LogP contribution in [-0.4, -0.2) is 50.4 Å². The molecule has 0 spiro atoms. The Bertz CT molecular complexity index is 1370. The van der Waals surface area contributed by atoms with Gasteiger partial charge in [-0.3, -0.25) is 14.3 Å².